The van der Waals surface area contributed by atoms with E-state index in [0.717, 1.165) is 26.2 Å². The third-order valence-electron chi connectivity index (χ3n) is 2.12. The maximum Gasteiger partial charge on any atom is 0.0701 e. The molecule has 0 aromatic carbocycles. The molecule has 86 valence electrons. The molecule has 0 radical (unpaired) electrons. The molecular formula is C11H18BrNOS. The molecule has 1 N–H and O–H groups in total. The summed E-state index contributed by atoms with van der Waals surface area (Å²) in [5.41, 5.74) is 1.31. The lowest BCUT2D eigenvalue weighted by Gasteiger charge is -2.17. The second kappa shape index (κ2) is 7.39. The van der Waals surface area contributed by atoms with Crippen molar-refractivity contribution >= 4 is 27.3 Å². The van der Waals surface area contributed by atoms with Gasteiger partial charge in [-0.3, -0.25) is 0 Å². The van der Waals surface area contributed by atoms with Crippen molar-refractivity contribution in [3.05, 3.63) is 20.8 Å². The maximum absolute atomic E-state index is 5.48. The van der Waals surface area contributed by atoms with Gasteiger partial charge in [-0.2, -0.15) is 0 Å². The summed E-state index contributed by atoms with van der Waals surface area (Å²) >= 11 is 5.21. The van der Waals surface area contributed by atoms with E-state index in [4.69, 9.17) is 4.74 Å². The van der Waals surface area contributed by atoms with Crippen LogP contribution in [0.5, 0.6) is 0 Å². The lowest BCUT2D eigenvalue weighted by molar-refractivity contribution is 0.123. The normalized spacial score (nSPS) is 13.0. The standard InChI is InChI=1S/C11H18BrNOS/c1-3-5-13-10(7-14-4-2)9-6-11(12)15-8-9/h6,8,10,13H,3-5,7H2,1-2H3. The minimum Gasteiger partial charge on any atom is -0.380 e. The summed E-state index contributed by atoms with van der Waals surface area (Å²) in [6, 6.07) is 2.49. The predicted molar refractivity (Wildman–Crippen MR) is 69.5 cm³/mol. The number of hydrogen-bond acceptors (Lipinski definition) is 3. The number of thiophene rings is 1. The van der Waals surface area contributed by atoms with Gasteiger partial charge in [0.1, 0.15) is 0 Å². The summed E-state index contributed by atoms with van der Waals surface area (Å²) in [7, 11) is 0. The zero-order valence-electron chi connectivity index (χ0n) is 9.25. The molecule has 1 rings (SSSR count). The van der Waals surface area contributed by atoms with E-state index in [-0.39, 0.29) is 0 Å². The van der Waals surface area contributed by atoms with Crippen molar-refractivity contribution in [1.29, 1.82) is 0 Å². The van der Waals surface area contributed by atoms with Crippen LogP contribution < -0.4 is 5.32 Å². The second-order valence-corrected chi connectivity index (χ2v) is 5.64. The molecule has 0 aliphatic carbocycles. The molecule has 0 saturated carbocycles. The molecule has 1 aromatic heterocycles. The first-order valence-corrected chi connectivity index (χ1v) is 7.00. The number of rotatable bonds is 7. The van der Waals surface area contributed by atoms with Crippen molar-refractivity contribution < 1.29 is 4.74 Å². The zero-order chi connectivity index (χ0) is 11.1. The molecule has 0 aliphatic rings. The van der Waals surface area contributed by atoms with Crippen molar-refractivity contribution in [2.45, 2.75) is 26.3 Å². The zero-order valence-corrected chi connectivity index (χ0v) is 11.7. The average molecular weight is 292 g/mol. The fourth-order valence-electron chi connectivity index (χ4n) is 1.33. The van der Waals surface area contributed by atoms with Gasteiger partial charge in [0.05, 0.1) is 16.4 Å². The molecule has 0 aliphatic heterocycles. The third-order valence-corrected chi connectivity index (χ3v) is 3.64. The van der Waals surface area contributed by atoms with Crippen molar-refractivity contribution in [2.75, 3.05) is 19.8 Å². The lowest BCUT2D eigenvalue weighted by Crippen LogP contribution is -2.25. The van der Waals surface area contributed by atoms with Crippen LogP contribution in [-0.2, 0) is 4.74 Å². The number of nitrogens with one attached hydrogen (secondary N) is 1. The van der Waals surface area contributed by atoms with Gasteiger partial charge in [-0.1, -0.05) is 6.92 Å². The second-order valence-electron chi connectivity index (χ2n) is 3.35. The molecule has 0 bridgehead atoms. The van der Waals surface area contributed by atoms with E-state index >= 15 is 0 Å². The highest BCUT2D eigenvalue weighted by Crippen LogP contribution is 2.25. The van der Waals surface area contributed by atoms with Gasteiger partial charge >= 0.3 is 0 Å². The maximum atomic E-state index is 5.48. The van der Waals surface area contributed by atoms with Crippen LogP contribution in [-0.4, -0.2) is 19.8 Å². The van der Waals surface area contributed by atoms with Crippen LogP contribution in [0.25, 0.3) is 0 Å². The van der Waals surface area contributed by atoms with Crippen LogP contribution in [0.15, 0.2) is 15.2 Å². The van der Waals surface area contributed by atoms with Gasteiger partial charge in [0, 0.05) is 6.61 Å². The Kier molecular flexibility index (Phi) is 6.48. The summed E-state index contributed by atoms with van der Waals surface area (Å²) in [5, 5.41) is 5.67. The van der Waals surface area contributed by atoms with E-state index in [2.05, 4.69) is 39.6 Å². The lowest BCUT2D eigenvalue weighted by atomic mass is 10.1. The molecule has 2 nitrogen and oxygen atoms in total. The average Bonchev–Trinajstić information content (AvgIpc) is 2.65. The van der Waals surface area contributed by atoms with E-state index in [1.54, 1.807) is 11.3 Å². The Hall–Kier alpha value is 0.100. The Balaban J connectivity index is 2.54. The fraction of sp³-hybridized carbons (Fsp3) is 0.636. The first-order chi connectivity index (χ1) is 7.27. The molecule has 1 heterocycles. The number of halogens is 1. The highest BCUT2D eigenvalue weighted by atomic mass is 79.9. The van der Waals surface area contributed by atoms with Gasteiger partial charge in [-0.15, -0.1) is 11.3 Å². The Morgan fingerprint density at radius 1 is 1.53 bits per heavy atom. The summed E-state index contributed by atoms with van der Waals surface area (Å²) in [6.45, 7) is 6.76. The Labute approximate surface area is 104 Å². The van der Waals surface area contributed by atoms with E-state index < -0.39 is 0 Å². The van der Waals surface area contributed by atoms with Crippen LogP contribution >= 0.6 is 27.3 Å². The number of ether oxygens (including phenoxy) is 1. The fourth-order valence-corrected chi connectivity index (χ4v) is 2.56. The molecule has 1 unspecified atom stereocenters. The number of hydrogen-bond donors (Lipinski definition) is 1. The predicted octanol–water partition coefficient (Wildman–Crippen LogP) is 3.59. The van der Waals surface area contributed by atoms with Crippen LogP contribution in [0, 0.1) is 0 Å². The van der Waals surface area contributed by atoms with Gasteiger partial charge in [-0.05, 0) is 52.8 Å². The molecule has 4 heteroatoms. The van der Waals surface area contributed by atoms with Crippen molar-refractivity contribution in [2.24, 2.45) is 0 Å². The summed E-state index contributed by atoms with van der Waals surface area (Å²) in [4.78, 5) is 0. The molecule has 0 amide bonds. The SMILES string of the molecule is CCCNC(COCC)c1csc(Br)c1. The molecule has 1 atom stereocenters. The summed E-state index contributed by atoms with van der Waals surface area (Å²) in [5.74, 6) is 0. The van der Waals surface area contributed by atoms with Crippen molar-refractivity contribution in [1.82, 2.24) is 5.32 Å². The molecular weight excluding hydrogens is 274 g/mol. The van der Waals surface area contributed by atoms with Gasteiger partial charge in [0.25, 0.3) is 0 Å². The minimum atomic E-state index is 0.326. The highest BCUT2D eigenvalue weighted by molar-refractivity contribution is 9.11. The molecule has 0 saturated heterocycles. The van der Waals surface area contributed by atoms with E-state index in [1.807, 2.05) is 6.92 Å². The van der Waals surface area contributed by atoms with E-state index in [1.165, 1.54) is 9.35 Å². The van der Waals surface area contributed by atoms with E-state index in [9.17, 15) is 0 Å². The summed E-state index contributed by atoms with van der Waals surface area (Å²) < 4.78 is 6.66. The van der Waals surface area contributed by atoms with Gasteiger partial charge in [0.2, 0.25) is 0 Å². The van der Waals surface area contributed by atoms with Gasteiger partial charge in [0.15, 0.2) is 0 Å². The van der Waals surface area contributed by atoms with E-state index in [0.29, 0.717) is 6.04 Å². The Morgan fingerprint density at radius 3 is 2.87 bits per heavy atom. The largest absolute Gasteiger partial charge is 0.380 e. The van der Waals surface area contributed by atoms with Crippen molar-refractivity contribution in [3.63, 3.8) is 0 Å². The topological polar surface area (TPSA) is 21.3 Å². The van der Waals surface area contributed by atoms with Crippen LogP contribution in [0.1, 0.15) is 31.9 Å². The molecule has 1 aromatic rings. The quantitative estimate of drug-likeness (QED) is 0.829. The van der Waals surface area contributed by atoms with Crippen LogP contribution in [0.2, 0.25) is 0 Å². The Bertz CT molecular complexity index is 269. The summed E-state index contributed by atoms with van der Waals surface area (Å²) in [6.07, 6.45) is 1.15. The Morgan fingerprint density at radius 2 is 2.33 bits per heavy atom. The molecule has 15 heavy (non-hydrogen) atoms. The monoisotopic (exact) mass is 291 g/mol. The first kappa shape index (κ1) is 13.2. The molecule has 0 fully saturated rings. The van der Waals surface area contributed by atoms with Gasteiger partial charge < -0.3 is 10.1 Å². The highest BCUT2D eigenvalue weighted by Gasteiger charge is 2.11. The van der Waals surface area contributed by atoms with Crippen LogP contribution in [0.4, 0.5) is 0 Å². The third kappa shape index (κ3) is 4.64. The minimum absolute atomic E-state index is 0.326. The first-order valence-electron chi connectivity index (χ1n) is 5.33. The van der Waals surface area contributed by atoms with Gasteiger partial charge in [-0.25, -0.2) is 0 Å². The smallest absolute Gasteiger partial charge is 0.0701 e. The van der Waals surface area contributed by atoms with Crippen LogP contribution in [0.3, 0.4) is 0 Å². The molecule has 0 spiro atoms. The van der Waals surface area contributed by atoms with Crippen molar-refractivity contribution in [3.8, 4) is 0 Å².